The summed E-state index contributed by atoms with van der Waals surface area (Å²) < 4.78 is 28.5. The molecule has 0 spiro atoms. The number of hydrogen-bond donors (Lipinski definition) is 1. The Bertz CT molecular complexity index is 669. The minimum Gasteiger partial charge on any atom is -0.492 e. The Balaban J connectivity index is 0.00000338. The number of nitrogens with zero attached hydrogens (tertiary/aromatic N) is 2. The van der Waals surface area contributed by atoms with E-state index in [9.17, 15) is 8.42 Å². The van der Waals surface area contributed by atoms with E-state index in [1.54, 1.807) is 24.3 Å². The molecule has 1 heterocycles. The van der Waals surface area contributed by atoms with Crippen molar-refractivity contribution in [1.29, 1.82) is 0 Å². The highest BCUT2D eigenvalue weighted by atomic mass is 127. The molecule has 0 aromatic heterocycles. The number of sulfone groups is 1. The first kappa shape index (κ1) is 23.0. The quantitative estimate of drug-likeness (QED) is 0.285. The second-order valence-electron chi connectivity index (χ2n) is 6.50. The van der Waals surface area contributed by atoms with Crippen LogP contribution < -0.4 is 10.1 Å². The van der Waals surface area contributed by atoms with Crippen LogP contribution in [-0.2, 0) is 9.84 Å². The number of aliphatic imine (C=N–C) groups is 1. The van der Waals surface area contributed by atoms with Gasteiger partial charge in [0.15, 0.2) is 15.8 Å². The maximum absolute atomic E-state index is 11.4. The number of ether oxygens (including phenoxy) is 1. The zero-order valence-corrected chi connectivity index (χ0v) is 18.9. The Kier molecular flexibility index (Phi) is 9.70. The summed E-state index contributed by atoms with van der Waals surface area (Å²) in [5.74, 6) is 2.39. The van der Waals surface area contributed by atoms with Crippen molar-refractivity contribution in [3.63, 3.8) is 0 Å². The fourth-order valence-electron chi connectivity index (χ4n) is 2.74. The van der Waals surface area contributed by atoms with E-state index < -0.39 is 9.84 Å². The highest BCUT2D eigenvalue weighted by Crippen LogP contribution is 2.17. The number of hydrogen-bond acceptors (Lipinski definition) is 4. The molecule has 0 aliphatic carbocycles. The fourth-order valence-corrected chi connectivity index (χ4v) is 3.37. The minimum atomic E-state index is -3.17. The summed E-state index contributed by atoms with van der Waals surface area (Å²) in [4.78, 5) is 7.25. The van der Waals surface area contributed by atoms with Gasteiger partial charge in [0.1, 0.15) is 12.4 Å². The molecular weight excluding hydrogens is 465 g/mol. The lowest BCUT2D eigenvalue weighted by atomic mass is 10.00. The van der Waals surface area contributed by atoms with E-state index in [0.29, 0.717) is 23.8 Å². The van der Waals surface area contributed by atoms with Crippen LogP contribution in [0, 0.1) is 5.92 Å². The SMILES string of the molecule is CCNC(=NCCOc1ccc(S(C)(=O)=O)cc1)N1CCC(C)CC1.I. The van der Waals surface area contributed by atoms with Gasteiger partial charge >= 0.3 is 0 Å². The summed E-state index contributed by atoms with van der Waals surface area (Å²) >= 11 is 0. The first-order valence-electron chi connectivity index (χ1n) is 8.86. The predicted octanol–water partition coefficient (Wildman–Crippen LogP) is 2.78. The molecule has 0 saturated carbocycles. The molecule has 1 aliphatic rings. The van der Waals surface area contributed by atoms with Crippen molar-refractivity contribution in [3.05, 3.63) is 24.3 Å². The van der Waals surface area contributed by atoms with Gasteiger partial charge in [0.05, 0.1) is 11.4 Å². The van der Waals surface area contributed by atoms with Crippen LogP contribution >= 0.6 is 24.0 Å². The molecule has 1 fully saturated rings. The topological polar surface area (TPSA) is 71.0 Å². The molecule has 0 amide bonds. The maximum atomic E-state index is 11.4. The molecule has 1 N–H and O–H groups in total. The van der Waals surface area contributed by atoms with Gasteiger partial charge in [-0.3, -0.25) is 0 Å². The van der Waals surface area contributed by atoms with Crippen LogP contribution in [0.1, 0.15) is 26.7 Å². The molecule has 1 aromatic rings. The van der Waals surface area contributed by atoms with Crippen LogP contribution in [0.4, 0.5) is 0 Å². The standard InChI is InChI=1S/C18H29N3O3S.HI/c1-4-19-18(21-12-9-15(2)10-13-21)20-11-14-24-16-5-7-17(8-6-16)25(3,22)23;/h5-8,15H,4,9-14H2,1-3H3,(H,19,20);1H. The Morgan fingerprint density at radius 2 is 1.88 bits per heavy atom. The largest absolute Gasteiger partial charge is 0.492 e. The summed E-state index contributed by atoms with van der Waals surface area (Å²) in [7, 11) is -3.17. The Labute approximate surface area is 174 Å². The minimum absolute atomic E-state index is 0. The first-order valence-corrected chi connectivity index (χ1v) is 10.8. The van der Waals surface area contributed by atoms with Crippen molar-refractivity contribution in [2.24, 2.45) is 10.9 Å². The normalized spacial score (nSPS) is 16.1. The number of nitrogens with one attached hydrogen (secondary N) is 1. The van der Waals surface area contributed by atoms with E-state index in [-0.39, 0.29) is 24.0 Å². The van der Waals surface area contributed by atoms with Crippen molar-refractivity contribution in [1.82, 2.24) is 10.2 Å². The van der Waals surface area contributed by atoms with Crippen LogP contribution in [0.2, 0.25) is 0 Å². The molecule has 0 bridgehead atoms. The molecule has 2 rings (SSSR count). The maximum Gasteiger partial charge on any atom is 0.194 e. The second kappa shape index (κ2) is 11.0. The average molecular weight is 495 g/mol. The van der Waals surface area contributed by atoms with Gasteiger partial charge in [-0.25, -0.2) is 13.4 Å². The van der Waals surface area contributed by atoms with E-state index in [4.69, 9.17) is 4.74 Å². The lowest BCUT2D eigenvalue weighted by molar-refractivity contribution is 0.272. The van der Waals surface area contributed by atoms with E-state index >= 15 is 0 Å². The lowest BCUT2D eigenvalue weighted by Crippen LogP contribution is -2.45. The number of halogens is 1. The molecule has 0 unspecified atom stereocenters. The van der Waals surface area contributed by atoms with Gasteiger partial charge in [0.25, 0.3) is 0 Å². The van der Waals surface area contributed by atoms with Crippen LogP contribution in [0.5, 0.6) is 5.75 Å². The van der Waals surface area contributed by atoms with Crippen LogP contribution in [0.3, 0.4) is 0 Å². The number of benzene rings is 1. The third-order valence-electron chi connectivity index (χ3n) is 4.29. The van der Waals surface area contributed by atoms with E-state index in [1.165, 1.54) is 19.1 Å². The van der Waals surface area contributed by atoms with Crippen LogP contribution in [0.15, 0.2) is 34.2 Å². The highest BCUT2D eigenvalue weighted by molar-refractivity contribution is 14.0. The summed E-state index contributed by atoms with van der Waals surface area (Å²) in [5, 5.41) is 3.34. The second-order valence-corrected chi connectivity index (χ2v) is 8.51. The van der Waals surface area contributed by atoms with Gasteiger partial charge in [0, 0.05) is 25.9 Å². The smallest absolute Gasteiger partial charge is 0.194 e. The molecule has 6 nitrogen and oxygen atoms in total. The summed E-state index contributed by atoms with van der Waals surface area (Å²) in [6.45, 7) is 8.31. The van der Waals surface area contributed by atoms with Gasteiger partial charge in [0.2, 0.25) is 0 Å². The molecule has 1 aliphatic heterocycles. The first-order chi connectivity index (χ1) is 11.9. The van der Waals surface area contributed by atoms with Crippen molar-refractivity contribution in [2.75, 3.05) is 39.0 Å². The average Bonchev–Trinajstić information content (AvgIpc) is 2.58. The van der Waals surface area contributed by atoms with Crippen molar-refractivity contribution in [3.8, 4) is 5.75 Å². The fraction of sp³-hybridized carbons (Fsp3) is 0.611. The van der Waals surface area contributed by atoms with Crippen molar-refractivity contribution >= 4 is 39.8 Å². The summed E-state index contributed by atoms with van der Waals surface area (Å²) in [6.07, 6.45) is 3.60. The van der Waals surface area contributed by atoms with Gasteiger partial charge in [-0.1, -0.05) is 6.92 Å². The molecule has 26 heavy (non-hydrogen) atoms. The molecule has 8 heteroatoms. The van der Waals surface area contributed by atoms with Gasteiger partial charge in [-0.15, -0.1) is 24.0 Å². The Hall–Kier alpha value is -1.03. The van der Waals surface area contributed by atoms with Gasteiger partial charge < -0.3 is 15.0 Å². The number of likely N-dealkylation sites (tertiary alicyclic amines) is 1. The molecule has 1 saturated heterocycles. The lowest BCUT2D eigenvalue weighted by Gasteiger charge is -2.33. The Morgan fingerprint density at radius 1 is 1.27 bits per heavy atom. The van der Waals surface area contributed by atoms with E-state index in [2.05, 4.69) is 29.1 Å². The van der Waals surface area contributed by atoms with E-state index in [1.807, 2.05) is 0 Å². The Morgan fingerprint density at radius 3 is 2.42 bits per heavy atom. The molecule has 1 aromatic carbocycles. The molecular formula is C18H30IN3O3S. The summed E-state index contributed by atoms with van der Waals surface area (Å²) in [5.41, 5.74) is 0. The highest BCUT2D eigenvalue weighted by Gasteiger charge is 2.18. The monoisotopic (exact) mass is 495 g/mol. The molecule has 148 valence electrons. The molecule has 0 atom stereocenters. The summed E-state index contributed by atoms with van der Waals surface area (Å²) in [6, 6.07) is 6.48. The zero-order valence-electron chi connectivity index (χ0n) is 15.8. The van der Waals surface area contributed by atoms with Gasteiger partial charge in [-0.2, -0.15) is 0 Å². The molecule has 0 radical (unpaired) electrons. The van der Waals surface area contributed by atoms with Crippen molar-refractivity contribution < 1.29 is 13.2 Å². The number of guanidine groups is 1. The number of piperidine rings is 1. The van der Waals surface area contributed by atoms with Gasteiger partial charge in [-0.05, 0) is 49.9 Å². The third-order valence-corrected chi connectivity index (χ3v) is 5.42. The van der Waals surface area contributed by atoms with Crippen LogP contribution in [0.25, 0.3) is 0 Å². The van der Waals surface area contributed by atoms with Crippen LogP contribution in [-0.4, -0.2) is 58.3 Å². The van der Waals surface area contributed by atoms with E-state index in [0.717, 1.165) is 31.5 Å². The number of rotatable bonds is 6. The zero-order chi connectivity index (χ0) is 18.3. The predicted molar refractivity (Wildman–Crippen MR) is 116 cm³/mol. The third kappa shape index (κ3) is 7.30. The van der Waals surface area contributed by atoms with Crippen molar-refractivity contribution in [2.45, 2.75) is 31.6 Å².